The van der Waals surface area contributed by atoms with Crippen LogP contribution in [0.2, 0.25) is 0 Å². The van der Waals surface area contributed by atoms with E-state index in [-0.39, 0.29) is 18.0 Å². The monoisotopic (exact) mass is 644 g/mol. The number of amides is 2. The van der Waals surface area contributed by atoms with Crippen molar-refractivity contribution < 1.29 is 72.3 Å². The number of hydrogen-bond donors (Lipinski definition) is 7. The molecule has 2 saturated heterocycles. The smallest absolute Gasteiger partial charge is 0.412 e. The average molecular weight is 645 g/mol. The van der Waals surface area contributed by atoms with Gasteiger partial charge in [-0.2, -0.15) is 0 Å². The van der Waals surface area contributed by atoms with E-state index >= 15 is 0 Å². The molecule has 0 aliphatic carbocycles. The number of para-hydroxylation sites is 2. The molecule has 45 heavy (non-hydrogen) atoms. The van der Waals surface area contributed by atoms with E-state index in [1.54, 1.807) is 6.92 Å². The standard InChI is InChI=1S/C28H34F2N2O13/c1-2-40-25-21(36)19(34)23(17(11-33)42-25)44-26-22(37)20(35)24(45-28(39)32-16-10-6-4-8-14(16)30)18(43-26)12-41-27(38)31-15-9-5-3-7-13(15)29/h3-10,17-26,33-37H,2,11-12H2,1H3,(H,31,38)(H,32,39)/t17-,18-,19-,20-,21-,22-,23-,24-,25?,26+/m1/s1. The largest absolute Gasteiger partial charge is 0.446 e. The molecule has 2 aromatic carbocycles. The van der Waals surface area contributed by atoms with Crippen molar-refractivity contribution >= 4 is 23.6 Å². The normalized spacial score (nSPS) is 31.6. The molecule has 0 spiro atoms. The molecule has 248 valence electrons. The highest BCUT2D eigenvalue weighted by molar-refractivity contribution is 5.85. The summed E-state index contributed by atoms with van der Waals surface area (Å²) in [5, 5.41) is 57.1. The summed E-state index contributed by atoms with van der Waals surface area (Å²) in [6.07, 6.45) is -19.2. The molecule has 15 nitrogen and oxygen atoms in total. The predicted octanol–water partition coefficient (Wildman–Crippen LogP) is 0.438. The molecule has 2 aromatic rings. The first-order chi connectivity index (χ1) is 21.5. The zero-order valence-electron chi connectivity index (χ0n) is 23.8. The molecule has 7 N–H and O–H groups in total. The highest BCUT2D eigenvalue weighted by Gasteiger charge is 2.52. The maximum absolute atomic E-state index is 14.1. The number of benzene rings is 2. The first-order valence-corrected chi connectivity index (χ1v) is 13.9. The van der Waals surface area contributed by atoms with Gasteiger partial charge >= 0.3 is 12.2 Å². The van der Waals surface area contributed by atoms with Crippen LogP contribution in [0.1, 0.15) is 6.92 Å². The summed E-state index contributed by atoms with van der Waals surface area (Å²) in [5.74, 6) is -1.56. The van der Waals surface area contributed by atoms with Gasteiger partial charge in [-0.1, -0.05) is 24.3 Å². The SMILES string of the molecule is CCOC1O[C@H](CO)[C@@H](O[C@@H]2O[C@H](COC(=O)Nc3ccccc3F)[C@@H](OC(=O)Nc3ccccc3F)[C@H](O)[C@H]2O)[C@H](O)[C@H]1O. The second kappa shape index (κ2) is 15.7. The Kier molecular flexibility index (Phi) is 12.0. The fraction of sp³-hybridized carbons (Fsp3) is 0.500. The molecule has 0 bridgehead atoms. The van der Waals surface area contributed by atoms with Gasteiger partial charge in [0.1, 0.15) is 61.0 Å². The maximum atomic E-state index is 14.1. The molecule has 2 aliphatic rings. The predicted molar refractivity (Wildman–Crippen MR) is 147 cm³/mol. The van der Waals surface area contributed by atoms with Crippen molar-refractivity contribution in [3.05, 3.63) is 60.2 Å². The van der Waals surface area contributed by atoms with E-state index in [0.717, 1.165) is 12.1 Å². The van der Waals surface area contributed by atoms with E-state index < -0.39 is 98.4 Å². The molecule has 0 saturated carbocycles. The Hall–Kier alpha value is -3.52. The van der Waals surface area contributed by atoms with E-state index in [1.165, 1.54) is 36.4 Å². The summed E-state index contributed by atoms with van der Waals surface area (Å²) in [6, 6.07) is 10.3. The van der Waals surface area contributed by atoms with E-state index in [9.17, 15) is 43.9 Å². The molecular formula is C28H34F2N2O13. The summed E-state index contributed by atoms with van der Waals surface area (Å²) >= 11 is 0. The molecule has 10 atom stereocenters. The van der Waals surface area contributed by atoms with E-state index in [4.69, 9.17) is 28.4 Å². The highest BCUT2D eigenvalue weighted by atomic mass is 19.1. The quantitative estimate of drug-likeness (QED) is 0.187. The molecular weight excluding hydrogens is 610 g/mol. The van der Waals surface area contributed by atoms with E-state index in [0.29, 0.717) is 0 Å². The summed E-state index contributed by atoms with van der Waals surface area (Å²) in [7, 11) is 0. The van der Waals surface area contributed by atoms with Crippen LogP contribution < -0.4 is 10.6 Å². The highest BCUT2D eigenvalue weighted by Crippen LogP contribution is 2.31. The topological polar surface area (TPSA) is 215 Å². The van der Waals surface area contributed by atoms with Gasteiger partial charge in [0.15, 0.2) is 18.7 Å². The lowest BCUT2D eigenvalue weighted by molar-refractivity contribution is -0.358. The molecule has 2 amide bonds. The minimum absolute atomic E-state index is 0.104. The number of rotatable bonds is 10. The Labute approximate surface area is 255 Å². The van der Waals surface area contributed by atoms with Gasteiger partial charge in [0.2, 0.25) is 0 Å². The lowest BCUT2D eigenvalue weighted by Gasteiger charge is -2.46. The molecule has 0 radical (unpaired) electrons. The first kappa shape index (κ1) is 34.4. The summed E-state index contributed by atoms with van der Waals surface area (Å²) in [6.45, 7) is 0.214. The van der Waals surface area contributed by atoms with Gasteiger partial charge in [-0.3, -0.25) is 10.6 Å². The third-order valence-corrected chi connectivity index (χ3v) is 6.93. The number of carbonyl (C=O) groups is 2. The van der Waals surface area contributed by atoms with Gasteiger partial charge in [-0.15, -0.1) is 0 Å². The molecule has 4 rings (SSSR count). The fourth-order valence-electron chi connectivity index (χ4n) is 4.67. The number of nitrogens with one attached hydrogen (secondary N) is 2. The fourth-order valence-corrected chi connectivity index (χ4v) is 4.67. The number of hydrogen-bond acceptors (Lipinski definition) is 13. The summed E-state index contributed by atoms with van der Waals surface area (Å²) in [5.41, 5.74) is -0.483. The Morgan fingerprint density at radius 2 is 1.31 bits per heavy atom. The molecule has 2 fully saturated rings. The summed E-state index contributed by atoms with van der Waals surface area (Å²) < 4.78 is 60.4. The van der Waals surface area contributed by atoms with Crippen LogP contribution in [0.3, 0.4) is 0 Å². The van der Waals surface area contributed by atoms with Crippen molar-refractivity contribution in [1.82, 2.24) is 0 Å². The Bertz CT molecular complexity index is 1290. The van der Waals surface area contributed by atoms with Crippen LogP contribution in [0, 0.1) is 11.6 Å². The van der Waals surface area contributed by atoms with E-state index in [1.807, 2.05) is 0 Å². The van der Waals surface area contributed by atoms with Crippen LogP contribution in [0.4, 0.5) is 29.7 Å². The Balaban J connectivity index is 1.51. The molecule has 2 heterocycles. The molecule has 1 unspecified atom stereocenters. The third kappa shape index (κ3) is 8.40. The van der Waals surface area contributed by atoms with Gasteiger partial charge in [0.25, 0.3) is 0 Å². The van der Waals surface area contributed by atoms with Crippen LogP contribution >= 0.6 is 0 Å². The number of aliphatic hydroxyl groups is 5. The molecule has 17 heteroatoms. The lowest BCUT2D eigenvalue weighted by atomic mass is 9.97. The van der Waals surface area contributed by atoms with Crippen molar-refractivity contribution in [1.29, 1.82) is 0 Å². The number of ether oxygens (including phenoxy) is 6. The maximum Gasteiger partial charge on any atom is 0.412 e. The number of halogens is 2. The van der Waals surface area contributed by atoms with Crippen molar-refractivity contribution in [2.75, 3.05) is 30.5 Å². The van der Waals surface area contributed by atoms with Crippen LogP contribution in [0.25, 0.3) is 0 Å². The second-order valence-corrected chi connectivity index (χ2v) is 9.96. The van der Waals surface area contributed by atoms with Crippen LogP contribution in [-0.2, 0) is 28.4 Å². The molecule has 2 aliphatic heterocycles. The Morgan fingerprint density at radius 3 is 1.89 bits per heavy atom. The first-order valence-electron chi connectivity index (χ1n) is 13.9. The second-order valence-electron chi connectivity index (χ2n) is 9.96. The van der Waals surface area contributed by atoms with Gasteiger partial charge in [0, 0.05) is 6.61 Å². The van der Waals surface area contributed by atoms with Gasteiger partial charge < -0.3 is 54.0 Å². The van der Waals surface area contributed by atoms with Crippen molar-refractivity contribution in [2.24, 2.45) is 0 Å². The lowest BCUT2D eigenvalue weighted by Crippen LogP contribution is -2.65. The van der Waals surface area contributed by atoms with Gasteiger partial charge in [-0.05, 0) is 31.2 Å². The zero-order chi connectivity index (χ0) is 32.7. The van der Waals surface area contributed by atoms with Gasteiger partial charge in [-0.25, -0.2) is 18.4 Å². The number of carbonyl (C=O) groups excluding carboxylic acids is 2. The average Bonchev–Trinajstić information content (AvgIpc) is 3.02. The minimum Gasteiger partial charge on any atom is -0.446 e. The van der Waals surface area contributed by atoms with E-state index in [2.05, 4.69) is 10.6 Å². The minimum atomic E-state index is -1.99. The summed E-state index contributed by atoms with van der Waals surface area (Å²) in [4.78, 5) is 25.1. The third-order valence-electron chi connectivity index (χ3n) is 6.93. The van der Waals surface area contributed by atoms with Crippen molar-refractivity contribution in [3.63, 3.8) is 0 Å². The zero-order valence-corrected chi connectivity index (χ0v) is 23.8. The number of aliphatic hydroxyl groups excluding tert-OH is 5. The Morgan fingerprint density at radius 1 is 0.778 bits per heavy atom. The van der Waals surface area contributed by atoms with Gasteiger partial charge in [0.05, 0.1) is 18.0 Å². The molecule has 0 aromatic heterocycles. The van der Waals surface area contributed by atoms with Crippen molar-refractivity contribution in [2.45, 2.75) is 68.3 Å². The number of anilines is 2. The van der Waals surface area contributed by atoms with Crippen LogP contribution in [-0.4, -0.2) is 119 Å². The van der Waals surface area contributed by atoms with Crippen LogP contribution in [0.5, 0.6) is 0 Å². The van der Waals surface area contributed by atoms with Crippen molar-refractivity contribution in [3.8, 4) is 0 Å². The van der Waals surface area contributed by atoms with Crippen LogP contribution in [0.15, 0.2) is 48.5 Å².